The summed E-state index contributed by atoms with van der Waals surface area (Å²) in [6.45, 7) is 4.10. The molecule has 4 aromatic rings. The van der Waals surface area contributed by atoms with Crippen molar-refractivity contribution in [3.05, 3.63) is 54.2 Å². The summed E-state index contributed by atoms with van der Waals surface area (Å²) in [5.74, 6) is 1.52. The van der Waals surface area contributed by atoms with E-state index >= 15 is 0 Å². The molecule has 1 aromatic carbocycles. The highest BCUT2D eigenvalue weighted by atomic mass is 16.5. The molecule has 1 fully saturated rings. The number of rotatable bonds is 8. The molecular formula is C23H26N8O3. The largest absolute Gasteiger partial charge is 0.491 e. The zero-order valence-electron chi connectivity index (χ0n) is 19.2. The van der Waals surface area contributed by atoms with Crippen LogP contribution < -0.4 is 4.74 Å². The average molecular weight is 463 g/mol. The number of carbonyl (C=O) groups is 1. The third kappa shape index (κ3) is 4.60. The Bertz CT molecular complexity index is 1280. The van der Waals surface area contributed by atoms with Gasteiger partial charge in [0.1, 0.15) is 18.2 Å². The van der Waals surface area contributed by atoms with Gasteiger partial charge in [0.05, 0.1) is 30.7 Å². The molecule has 0 radical (unpaired) electrons. The van der Waals surface area contributed by atoms with Crippen molar-refractivity contribution >= 4 is 17.1 Å². The summed E-state index contributed by atoms with van der Waals surface area (Å²) in [6, 6.07) is 7.78. The van der Waals surface area contributed by atoms with E-state index in [-0.39, 0.29) is 11.9 Å². The molecule has 176 valence electrons. The van der Waals surface area contributed by atoms with Crippen LogP contribution in [0.3, 0.4) is 0 Å². The van der Waals surface area contributed by atoms with Gasteiger partial charge in [-0.2, -0.15) is 9.78 Å². The van der Waals surface area contributed by atoms with Crippen molar-refractivity contribution in [2.24, 2.45) is 0 Å². The van der Waals surface area contributed by atoms with Crippen LogP contribution in [0.1, 0.15) is 30.8 Å². The number of nitrogens with zero attached hydrogens (tertiary/aromatic N) is 8. The zero-order chi connectivity index (χ0) is 23.5. The van der Waals surface area contributed by atoms with Crippen molar-refractivity contribution in [1.29, 1.82) is 0 Å². The molecule has 11 nitrogen and oxygen atoms in total. The molecule has 0 bridgehead atoms. The molecule has 0 saturated carbocycles. The van der Waals surface area contributed by atoms with Crippen molar-refractivity contribution in [2.75, 3.05) is 33.4 Å². The van der Waals surface area contributed by atoms with Gasteiger partial charge in [-0.25, -0.2) is 9.97 Å². The quantitative estimate of drug-likeness (QED) is 0.365. The summed E-state index contributed by atoms with van der Waals surface area (Å²) in [4.78, 5) is 22.6. The predicted octanol–water partition coefficient (Wildman–Crippen LogP) is 1.82. The maximum atomic E-state index is 11.6. The lowest BCUT2D eigenvalue weighted by molar-refractivity contribution is -0.127. The average Bonchev–Trinajstić information content (AvgIpc) is 3.59. The van der Waals surface area contributed by atoms with E-state index in [4.69, 9.17) is 14.5 Å². The lowest BCUT2D eigenvalue weighted by atomic mass is 10.2. The van der Waals surface area contributed by atoms with Gasteiger partial charge in [0.2, 0.25) is 5.91 Å². The number of aromatic nitrogens is 7. The van der Waals surface area contributed by atoms with Crippen LogP contribution in [0.2, 0.25) is 0 Å². The molecule has 5 rings (SSSR count). The number of methoxy groups -OCH3 is 1. The minimum absolute atomic E-state index is 0.107. The Morgan fingerprint density at radius 1 is 1.18 bits per heavy atom. The molecule has 1 saturated heterocycles. The summed E-state index contributed by atoms with van der Waals surface area (Å²) < 4.78 is 14.3. The molecule has 0 aliphatic carbocycles. The van der Waals surface area contributed by atoms with E-state index in [9.17, 15) is 4.79 Å². The van der Waals surface area contributed by atoms with Crippen LogP contribution in [-0.4, -0.2) is 79.0 Å². The highest BCUT2D eigenvalue weighted by Crippen LogP contribution is 2.22. The highest BCUT2D eigenvalue weighted by molar-refractivity contribution is 5.73. The first-order valence-electron chi connectivity index (χ1n) is 11.2. The van der Waals surface area contributed by atoms with Gasteiger partial charge in [0.15, 0.2) is 11.2 Å². The van der Waals surface area contributed by atoms with Gasteiger partial charge in [-0.15, -0.1) is 5.10 Å². The normalized spacial score (nSPS) is 15.8. The maximum absolute atomic E-state index is 11.6. The van der Waals surface area contributed by atoms with Crippen LogP contribution in [0.25, 0.3) is 16.9 Å². The number of hydrogen-bond donors (Lipinski definition) is 0. The first-order chi connectivity index (χ1) is 16.6. The minimum atomic E-state index is 0.107. The van der Waals surface area contributed by atoms with E-state index in [1.165, 1.54) is 0 Å². The maximum Gasteiger partial charge on any atom is 0.219 e. The number of fused-ring (bicyclic) bond motifs is 1. The first kappa shape index (κ1) is 22.0. The molecule has 4 heterocycles. The van der Waals surface area contributed by atoms with Crippen LogP contribution in [0.4, 0.5) is 0 Å². The Hall–Kier alpha value is -3.86. The summed E-state index contributed by atoms with van der Waals surface area (Å²) >= 11 is 0. The number of likely N-dealkylation sites (tertiary alicyclic amines) is 1. The van der Waals surface area contributed by atoms with Gasteiger partial charge in [-0.05, 0) is 36.2 Å². The van der Waals surface area contributed by atoms with Gasteiger partial charge in [0, 0.05) is 39.7 Å². The van der Waals surface area contributed by atoms with Crippen LogP contribution in [0, 0.1) is 0 Å². The second-order valence-electron chi connectivity index (χ2n) is 8.24. The van der Waals surface area contributed by atoms with Gasteiger partial charge in [-0.1, -0.05) is 5.21 Å². The third-order valence-corrected chi connectivity index (χ3v) is 5.88. The smallest absolute Gasteiger partial charge is 0.219 e. The van der Waals surface area contributed by atoms with Crippen molar-refractivity contribution in [3.8, 4) is 11.4 Å². The number of ether oxygens (including phenoxy) is 2. The number of benzene rings is 1. The Balaban J connectivity index is 1.31. The molecule has 34 heavy (non-hydrogen) atoms. The van der Waals surface area contributed by atoms with Crippen LogP contribution in [0.5, 0.6) is 5.75 Å². The fourth-order valence-corrected chi connectivity index (χ4v) is 4.04. The fourth-order valence-electron chi connectivity index (χ4n) is 4.04. The van der Waals surface area contributed by atoms with Gasteiger partial charge in [0.25, 0.3) is 0 Å². The summed E-state index contributed by atoms with van der Waals surface area (Å²) in [6.07, 6.45) is 6.98. The number of amides is 1. The molecule has 0 spiro atoms. The monoisotopic (exact) mass is 462 g/mol. The molecule has 0 N–H and O–H groups in total. The van der Waals surface area contributed by atoms with Crippen LogP contribution >= 0.6 is 0 Å². The van der Waals surface area contributed by atoms with E-state index in [0.29, 0.717) is 43.2 Å². The van der Waals surface area contributed by atoms with Crippen molar-refractivity contribution in [2.45, 2.75) is 25.8 Å². The summed E-state index contributed by atoms with van der Waals surface area (Å²) in [7, 11) is 1.64. The summed E-state index contributed by atoms with van der Waals surface area (Å²) in [5.41, 5.74) is 3.10. The third-order valence-electron chi connectivity index (χ3n) is 5.88. The molecular weight excluding hydrogens is 436 g/mol. The second-order valence-corrected chi connectivity index (χ2v) is 8.24. The standard InChI is InChI=1S/C23H26N8O3/c1-16(32)29-8-7-19(15-29)30-14-17(12-25-30)11-22-24-13-21-23(26-22)31(28-27-21)18-3-5-20(6-4-18)34-10-9-33-2/h3-6,12-14,19H,7-11,15H2,1-2H3. The number of hydrogen-bond acceptors (Lipinski definition) is 8. The van der Waals surface area contributed by atoms with E-state index in [2.05, 4.69) is 20.4 Å². The summed E-state index contributed by atoms with van der Waals surface area (Å²) in [5, 5.41) is 13.0. The Labute approximate surface area is 196 Å². The van der Waals surface area contributed by atoms with Gasteiger partial charge >= 0.3 is 0 Å². The second kappa shape index (κ2) is 9.56. The predicted molar refractivity (Wildman–Crippen MR) is 123 cm³/mol. The molecule has 1 unspecified atom stereocenters. The van der Waals surface area contributed by atoms with E-state index in [1.54, 1.807) is 24.9 Å². The minimum Gasteiger partial charge on any atom is -0.491 e. The Kier molecular flexibility index (Phi) is 6.17. The molecule has 1 aliphatic rings. The fraction of sp³-hybridized carbons (Fsp3) is 0.391. The van der Waals surface area contributed by atoms with Crippen LogP contribution in [0.15, 0.2) is 42.9 Å². The van der Waals surface area contributed by atoms with Gasteiger partial charge < -0.3 is 14.4 Å². The van der Waals surface area contributed by atoms with E-state index in [0.717, 1.165) is 30.0 Å². The molecule has 1 atom stereocenters. The van der Waals surface area contributed by atoms with Crippen molar-refractivity contribution < 1.29 is 14.3 Å². The Morgan fingerprint density at radius 3 is 2.79 bits per heavy atom. The van der Waals surface area contributed by atoms with E-state index in [1.807, 2.05) is 46.2 Å². The molecule has 1 aliphatic heterocycles. The highest BCUT2D eigenvalue weighted by Gasteiger charge is 2.26. The molecule has 11 heteroatoms. The topological polar surface area (TPSA) is 113 Å². The molecule has 3 aromatic heterocycles. The SMILES string of the molecule is COCCOc1ccc(-n2nnc3cnc(Cc4cnn(C5CCN(C(C)=O)C5)c4)nc32)cc1. The molecule has 1 amide bonds. The van der Waals surface area contributed by atoms with Crippen molar-refractivity contribution in [1.82, 2.24) is 39.6 Å². The zero-order valence-corrected chi connectivity index (χ0v) is 19.2. The van der Waals surface area contributed by atoms with E-state index < -0.39 is 0 Å². The Morgan fingerprint density at radius 2 is 2.03 bits per heavy atom. The first-order valence-corrected chi connectivity index (χ1v) is 11.2. The van der Waals surface area contributed by atoms with Gasteiger partial charge in [-0.3, -0.25) is 9.48 Å². The lowest BCUT2D eigenvalue weighted by Crippen LogP contribution is -2.26. The van der Waals surface area contributed by atoms with Crippen LogP contribution in [-0.2, 0) is 16.0 Å². The number of carbonyl (C=O) groups excluding carboxylic acids is 1. The van der Waals surface area contributed by atoms with Crippen molar-refractivity contribution in [3.63, 3.8) is 0 Å². The lowest BCUT2D eigenvalue weighted by Gasteiger charge is -2.13.